The fraction of sp³-hybridized carbons (Fsp3) is 0.300. The fourth-order valence-corrected chi connectivity index (χ4v) is 1.79. The average Bonchev–Trinajstić information content (AvgIpc) is 2.16. The highest BCUT2D eigenvalue weighted by atomic mass is 32.2. The Kier molecular flexibility index (Phi) is 3.66. The molecule has 1 aromatic carbocycles. The van der Waals surface area contributed by atoms with E-state index >= 15 is 0 Å². The third kappa shape index (κ3) is 3.04. The summed E-state index contributed by atoms with van der Waals surface area (Å²) in [4.78, 5) is 11.4. The summed E-state index contributed by atoms with van der Waals surface area (Å²) in [5.74, 6) is -0.482. The topological polar surface area (TPSA) is 89.3 Å². The smallest absolute Gasteiger partial charge is 0.240 e. The van der Waals surface area contributed by atoms with Crippen molar-refractivity contribution in [3.05, 3.63) is 24.3 Å². The molecule has 0 aliphatic rings. The lowest BCUT2D eigenvalue weighted by molar-refractivity contribution is -0.118. The molecule has 0 spiro atoms. The molecule has 0 saturated heterocycles. The van der Waals surface area contributed by atoms with Gasteiger partial charge in [0, 0.05) is 5.92 Å². The minimum absolute atomic E-state index is 0.0796. The van der Waals surface area contributed by atoms with Crippen LogP contribution in [0.2, 0.25) is 0 Å². The lowest BCUT2D eigenvalue weighted by atomic mass is 10.2. The molecule has 0 fully saturated rings. The number of rotatable bonds is 3. The molecule has 0 aromatic heterocycles. The quantitative estimate of drug-likeness (QED) is 0.826. The summed E-state index contributed by atoms with van der Waals surface area (Å²) in [7, 11) is -3.82. The van der Waals surface area contributed by atoms with Crippen molar-refractivity contribution in [3.63, 3.8) is 0 Å². The van der Waals surface area contributed by atoms with Crippen molar-refractivity contribution in [2.24, 2.45) is 11.1 Å². The SMILES string of the molecule is CC(C)C(=O)Nc1ccccc1S(N)(=O)=O. The van der Waals surface area contributed by atoms with E-state index in [1.54, 1.807) is 26.0 Å². The molecular weight excluding hydrogens is 228 g/mol. The first-order valence-electron chi connectivity index (χ1n) is 4.75. The molecule has 88 valence electrons. The van der Waals surface area contributed by atoms with Crippen LogP contribution in [0.4, 0.5) is 5.69 Å². The van der Waals surface area contributed by atoms with Crippen molar-refractivity contribution < 1.29 is 13.2 Å². The monoisotopic (exact) mass is 242 g/mol. The van der Waals surface area contributed by atoms with Gasteiger partial charge < -0.3 is 5.32 Å². The Morgan fingerprint density at radius 1 is 1.31 bits per heavy atom. The molecular formula is C10H14N2O3S. The second-order valence-corrected chi connectivity index (χ2v) is 5.21. The number of para-hydroxylation sites is 1. The highest BCUT2D eigenvalue weighted by Gasteiger charge is 2.15. The van der Waals surface area contributed by atoms with E-state index < -0.39 is 10.0 Å². The van der Waals surface area contributed by atoms with Gasteiger partial charge in [-0.3, -0.25) is 4.79 Å². The lowest BCUT2D eigenvalue weighted by Gasteiger charge is -2.10. The Hall–Kier alpha value is -1.40. The van der Waals surface area contributed by atoms with Crippen molar-refractivity contribution >= 4 is 21.6 Å². The van der Waals surface area contributed by atoms with E-state index in [0.717, 1.165) is 0 Å². The van der Waals surface area contributed by atoms with Gasteiger partial charge in [-0.1, -0.05) is 26.0 Å². The van der Waals surface area contributed by atoms with Gasteiger partial charge in [0.15, 0.2) is 0 Å². The van der Waals surface area contributed by atoms with E-state index in [-0.39, 0.29) is 22.4 Å². The predicted molar refractivity (Wildman–Crippen MR) is 61.3 cm³/mol. The number of sulfonamides is 1. The van der Waals surface area contributed by atoms with Gasteiger partial charge in [-0.25, -0.2) is 13.6 Å². The molecule has 0 unspecified atom stereocenters. The molecule has 6 heteroatoms. The third-order valence-electron chi connectivity index (χ3n) is 1.98. The Balaban J connectivity index is 3.11. The molecule has 0 saturated carbocycles. The molecule has 3 N–H and O–H groups in total. The molecule has 0 aliphatic carbocycles. The van der Waals surface area contributed by atoms with Gasteiger partial charge in [0.25, 0.3) is 0 Å². The van der Waals surface area contributed by atoms with E-state index in [1.165, 1.54) is 12.1 Å². The number of amides is 1. The zero-order valence-electron chi connectivity index (χ0n) is 9.10. The van der Waals surface area contributed by atoms with Crippen LogP contribution in [0.15, 0.2) is 29.2 Å². The molecule has 0 aliphatic heterocycles. The number of hydrogen-bond donors (Lipinski definition) is 2. The van der Waals surface area contributed by atoms with E-state index in [0.29, 0.717) is 0 Å². The molecule has 1 aromatic rings. The van der Waals surface area contributed by atoms with Gasteiger partial charge in [-0.2, -0.15) is 0 Å². The van der Waals surface area contributed by atoms with E-state index in [4.69, 9.17) is 5.14 Å². The summed E-state index contributed by atoms with van der Waals surface area (Å²) in [6.07, 6.45) is 0. The van der Waals surface area contributed by atoms with Crippen molar-refractivity contribution in [3.8, 4) is 0 Å². The molecule has 5 nitrogen and oxygen atoms in total. The molecule has 0 heterocycles. The maximum absolute atomic E-state index is 11.4. The summed E-state index contributed by atoms with van der Waals surface area (Å²) in [5, 5.41) is 7.55. The van der Waals surface area contributed by atoms with Crippen LogP contribution in [0.25, 0.3) is 0 Å². The van der Waals surface area contributed by atoms with Crippen molar-refractivity contribution in [2.45, 2.75) is 18.7 Å². The number of benzene rings is 1. The van der Waals surface area contributed by atoms with Crippen LogP contribution in [0.3, 0.4) is 0 Å². The number of primary sulfonamides is 1. The number of hydrogen-bond acceptors (Lipinski definition) is 3. The van der Waals surface area contributed by atoms with Crippen molar-refractivity contribution in [2.75, 3.05) is 5.32 Å². The van der Waals surface area contributed by atoms with Gasteiger partial charge >= 0.3 is 0 Å². The second kappa shape index (κ2) is 4.63. The van der Waals surface area contributed by atoms with Gasteiger partial charge in [0.05, 0.1) is 5.69 Å². The van der Waals surface area contributed by atoms with E-state index in [2.05, 4.69) is 5.32 Å². The maximum atomic E-state index is 11.4. The first kappa shape index (κ1) is 12.7. The van der Waals surface area contributed by atoms with Crippen molar-refractivity contribution in [1.82, 2.24) is 0 Å². The number of nitrogens with two attached hydrogens (primary N) is 1. The summed E-state index contributed by atoms with van der Waals surface area (Å²) in [6.45, 7) is 3.43. The number of nitrogens with one attached hydrogen (secondary N) is 1. The Morgan fingerprint density at radius 3 is 2.38 bits per heavy atom. The first-order chi connectivity index (χ1) is 7.32. The average molecular weight is 242 g/mol. The van der Waals surface area contributed by atoms with Crippen LogP contribution in [0, 0.1) is 5.92 Å². The summed E-state index contributed by atoms with van der Waals surface area (Å²) in [5.41, 5.74) is 0.212. The van der Waals surface area contributed by atoms with E-state index in [9.17, 15) is 13.2 Å². The highest BCUT2D eigenvalue weighted by Crippen LogP contribution is 2.19. The van der Waals surface area contributed by atoms with Crippen molar-refractivity contribution in [1.29, 1.82) is 0 Å². The largest absolute Gasteiger partial charge is 0.325 e. The zero-order valence-corrected chi connectivity index (χ0v) is 9.91. The second-order valence-electron chi connectivity index (χ2n) is 3.69. The molecule has 1 amide bonds. The summed E-state index contributed by atoms with van der Waals surface area (Å²) < 4.78 is 22.5. The molecule has 0 atom stereocenters. The first-order valence-corrected chi connectivity index (χ1v) is 6.29. The zero-order chi connectivity index (χ0) is 12.3. The summed E-state index contributed by atoms with van der Waals surface area (Å²) in [6, 6.07) is 6.03. The number of carbonyl (C=O) groups excluding carboxylic acids is 1. The lowest BCUT2D eigenvalue weighted by Crippen LogP contribution is -2.21. The van der Waals surface area contributed by atoms with Crippen LogP contribution in [0.1, 0.15) is 13.8 Å². The van der Waals surface area contributed by atoms with Gasteiger partial charge in [0.1, 0.15) is 4.90 Å². The third-order valence-corrected chi connectivity index (χ3v) is 2.94. The molecule has 16 heavy (non-hydrogen) atoms. The number of carbonyl (C=O) groups is 1. The molecule has 1 rings (SSSR count). The highest BCUT2D eigenvalue weighted by molar-refractivity contribution is 7.89. The van der Waals surface area contributed by atoms with Crippen LogP contribution < -0.4 is 10.5 Å². The van der Waals surface area contributed by atoms with Gasteiger partial charge in [-0.15, -0.1) is 0 Å². The number of anilines is 1. The van der Waals surface area contributed by atoms with E-state index in [1.807, 2.05) is 0 Å². The summed E-state index contributed by atoms with van der Waals surface area (Å²) >= 11 is 0. The minimum Gasteiger partial charge on any atom is -0.325 e. The maximum Gasteiger partial charge on any atom is 0.240 e. The van der Waals surface area contributed by atoms with Crippen LogP contribution in [-0.4, -0.2) is 14.3 Å². The predicted octanol–water partition coefficient (Wildman–Crippen LogP) is 0.928. The Labute approximate surface area is 94.7 Å². The van der Waals surface area contributed by atoms with Gasteiger partial charge in [-0.05, 0) is 12.1 Å². The van der Waals surface area contributed by atoms with Crippen LogP contribution >= 0.6 is 0 Å². The van der Waals surface area contributed by atoms with Crippen LogP contribution in [-0.2, 0) is 14.8 Å². The Morgan fingerprint density at radius 2 is 1.88 bits per heavy atom. The fourth-order valence-electron chi connectivity index (χ4n) is 1.10. The van der Waals surface area contributed by atoms with Crippen LogP contribution in [0.5, 0.6) is 0 Å². The molecule has 0 radical (unpaired) electrons. The standard InChI is InChI=1S/C10H14N2O3S/c1-7(2)10(13)12-8-5-3-4-6-9(8)16(11,14)15/h3-7H,1-2H3,(H,12,13)(H2,11,14,15). The molecule has 0 bridgehead atoms. The normalized spacial score (nSPS) is 11.5. The minimum atomic E-state index is -3.82. The van der Waals surface area contributed by atoms with Gasteiger partial charge in [0.2, 0.25) is 15.9 Å². The Bertz CT molecular complexity index is 495.